The summed E-state index contributed by atoms with van der Waals surface area (Å²) in [6.07, 6.45) is -0.198. The van der Waals surface area contributed by atoms with Crippen molar-refractivity contribution >= 4 is 33.2 Å². The zero-order chi connectivity index (χ0) is 15.7. The number of alkyl halides is 4. The van der Waals surface area contributed by atoms with Crippen LogP contribution in [0.5, 0.6) is 0 Å². The van der Waals surface area contributed by atoms with Crippen molar-refractivity contribution < 1.29 is 13.2 Å². The molecule has 21 heavy (non-hydrogen) atoms. The fraction of sp³-hybridized carbons (Fsp3) is 0.600. The Labute approximate surface area is 136 Å². The highest BCUT2D eigenvalue weighted by Crippen LogP contribution is 2.39. The molecule has 6 heteroatoms. The van der Waals surface area contributed by atoms with Gasteiger partial charge in [-0.2, -0.15) is 13.2 Å². The van der Waals surface area contributed by atoms with Crippen LogP contribution in [0.15, 0.2) is 22.7 Å². The van der Waals surface area contributed by atoms with Crippen molar-refractivity contribution in [2.75, 3.05) is 11.2 Å². The molecule has 1 nitrogen and oxygen atoms in total. The highest BCUT2D eigenvalue weighted by Gasteiger charge is 2.35. The minimum atomic E-state index is -4.33. The summed E-state index contributed by atoms with van der Waals surface area (Å²) in [5.74, 6) is 1.02. The van der Waals surface area contributed by atoms with Crippen molar-refractivity contribution in [2.24, 2.45) is 5.92 Å². The van der Waals surface area contributed by atoms with Gasteiger partial charge in [0.1, 0.15) is 0 Å². The van der Waals surface area contributed by atoms with Crippen molar-refractivity contribution in [3.63, 3.8) is 0 Å². The topological polar surface area (TPSA) is 12.0 Å². The zero-order valence-corrected chi connectivity index (χ0v) is 14.1. The highest BCUT2D eigenvalue weighted by atomic mass is 79.9. The van der Waals surface area contributed by atoms with Gasteiger partial charge in [0.05, 0.1) is 11.1 Å². The van der Waals surface area contributed by atoms with E-state index in [1.54, 1.807) is 0 Å². The molecule has 0 aliphatic heterocycles. The molecule has 0 aromatic heterocycles. The third-order valence-electron chi connectivity index (χ3n) is 4.04. The second kappa shape index (κ2) is 6.37. The molecule has 0 spiro atoms. The van der Waals surface area contributed by atoms with Gasteiger partial charge >= 0.3 is 6.18 Å². The standard InChI is InChI=1S/C15H18BrClF3N/c1-10-3-2-6-14(8-10,9-17)21-13-5-4-11(7-12(13)16)15(18,19)20/h4-5,7,10,21H,2-3,6,8-9H2,1H3. The summed E-state index contributed by atoms with van der Waals surface area (Å²) in [7, 11) is 0. The van der Waals surface area contributed by atoms with Crippen LogP contribution in [0, 0.1) is 5.92 Å². The van der Waals surface area contributed by atoms with Crippen molar-refractivity contribution in [1.29, 1.82) is 0 Å². The molecule has 1 aliphatic rings. The Morgan fingerprint density at radius 1 is 1.43 bits per heavy atom. The van der Waals surface area contributed by atoms with E-state index in [0.717, 1.165) is 31.4 Å². The molecule has 118 valence electrons. The fourth-order valence-corrected chi connectivity index (χ4v) is 3.79. The Hall–Kier alpha value is -0.420. The quantitative estimate of drug-likeness (QED) is 0.624. The molecule has 2 unspecified atom stereocenters. The normalized spacial score (nSPS) is 26.7. The minimum absolute atomic E-state index is 0.235. The van der Waals surface area contributed by atoms with Gasteiger partial charge in [0, 0.05) is 16.0 Å². The van der Waals surface area contributed by atoms with Crippen LogP contribution in [-0.2, 0) is 6.18 Å². The zero-order valence-electron chi connectivity index (χ0n) is 11.7. The van der Waals surface area contributed by atoms with E-state index in [4.69, 9.17) is 11.6 Å². The number of rotatable bonds is 3. The summed E-state index contributed by atoms with van der Waals surface area (Å²) in [6.45, 7) is 2.18. The van der Waals surface area contributed by atoms with Crippen LogP contribution in [-0.4, -0.2) is 11.4 Å². The molecular weight excluding hydrogens is 367 g/mol. The summed E-state index contributed by atoms with van der Waals surface area (Å²) in [4.78, 5) is 0. The van der Waals surface area contributed by atoms with E-state index in [1.165, 1.54) is 12.5 Å². The lowest BCUT2D eigenvalue weighted by molar-refractivity contribution is -0.137. The van der Waals surface area contributed by atoms with Crippen molar-refractivity contribution in [3.8, 4) is 0 Å². The third-order valence-corrected chi connectivity index (χ3v) is 5.21. The monoisotopic (exact) mass is 383 g/mol. The molecular formula is C15H18BrClF3N. The average molecular weight is 385 g/mol. The van der Waals surface area contributed by atoms with Gasteiger partial charge in [-0.05, 0) is 52.9 Å². The second-order valence-corrected chi connectivity index (χ2v) is 7.05. The van der Waals surface area contributed by atoms with E-state index in [0.29, 0.717) is 22.0 Å². The molecule has 1 aliphatic carbocycles. The third kappa shape index (κ3) is 4.07. The van der Waals surface area contributed by atoms with Crippen LogP contribution >= 0.6 is 27.5 Å². The molecule has 0 saturated heterocycles. The van der Waals surface area contributed by atoms with Crippen molar-refractivity contribution in [2.45, 2.75) is 44.3 Å². The minimum Gasteiger partial charge on any atom is -0.377 e. The number of halogens is 5. The molecule has 1 N–H and O–H groups in total. The molecule has 2 atom stereocenters. The molecule has 2 rings (SSSR count). The number of anilines is 1. The Bertz CT molecular complexity index is 506. The highest BCUT2D eigenvalue weighted by molar-refractivity contribution is 9.10. The van der Waals surface area contributed by atoms with Crippen LogP contribution in [0.4, 0.5) is 18.9 Å². The summed E-state index contributed by atoms with van der Waals surface area (Å²) >= 11 is 9.38. The summed E-state index contributed by atoms with van der Waals surface area (Å²) in [5.41, 5.74) is -0.226. The van der Waals surface area contributed by atoms with Gasteiger partial charge in [0.25, 0.3) is 0 Å². The first kappa shape index (κ1) is 16.9. The number of hydrogen-bond acceptors (Lipinski definition) is 1. The van der Waals surface area contributed by atoms with Gasteiger partial charge in [-0.25, -0.2) is 0 Å². The van der Waals surface area contributed by atoms with Crippen LogP contribution < -0.4 is 5.32 Å². The van der Waals surface area contributed by atoms with Gasteiger partial charge in [-0.3, -0.25) is 0 Å². The predicted molar refractivity (Wildman–Crippen MR) is 83.8 cm³/mol. The van der Waals surface area contributed by atoms with Gasteiger partial charge in [-0.1, -0.05) is 19.8 Å². The Morgan fingerprint density at radius 3 is 2.67 bits per heavy atom. The first-order chi connectivity index (χ1) is 9.76. The maximum absolute atomic E-state index is 12.7. The molecule has 1 aromatic rings. The van der Waals surface area contributed by atoms with Crippen molar-refractivity contribution in [3.05, 3.63) is 28.2 Å². The maximum Gasteiger partial charge on any atom is 0.416 e. The average Bonchev–Trinajstić information content (AvgIpc) is 2.40. The van der Waals surface area contributed by atoms with Gasteiger partial charge in [0.15, 0.2) is 0 Å². The lowest BCUT2D eigenvalue weighted by Gasteiger charge is -2.40. The Balaban J connectivity index is 2.22. The summed E-state index contributed by atoms with van der Waals surface area (Å²) < 4.78 is 38.5. The van der Waals surface area contributed by atoms with E-state index < -0.39 is 11.7 Å². The smallest absolute Gasteiger partial charge is 0.377 e. The van der Waals surface area contributed by atoms with E-state index in [-0.39, 0.29) is 5.54 Å². The Kier molecular flexibility index (Phi) is 5.14. The van der Waals surface area contributed by atoms with Gasteiger partial charge in [-0.15, -0.1) is 11.6 Å². The number of nitrogens with one attached hydrogen (secondary N) is 1. The molecule has 1 saturated carbocycles. The molecule has 1 aromatic carbocycles. The van der Waals surface area contributed by atoms with Crippen LogP contribution in [0.3, 0.4) is 0 Å². The van der Waals surface area contributed by atoms with Gasteiger partial charge in [0.2, 0.25) is 0 Å². The summed E-state index contributed by atoms with van der Waals surface area (Å²) in [5, 5.41) is 3.38. The molecule has 0 radical (unpaired) electrons. The largest absolute Gasteiger partial charge is 0.416 e. The summed E-state index contributed by atoms with van der Waals surface area (Å²) in [6, 6.07) is 3.68. The predicted octanol–water partition coefficient (Wildman–Crippen LogP) is 6.07. The number of benzene rings is 1. The SMILES string of the molecule is CC1CCCC(CCl)(Nc2ccc(C(F)(F)F)cc2Br)C1. The van der Waals surface area contributed by atoms with E-state index >= 15 is 0 Å². The molecule has 0 amide bonds. The maximum atomic E-state index is 12.7. The van der Waals surface area contributed by atoms with Crippen LogP contribution in [0.1, 0.15) is 38.2 Å². The van der Waals surface area contributed by atoms with Crippen LogP contribution in [0.25, 0.3) is 0 Å². The first-order valence-electron chi connectivity index (χ1n) is 6.97. The lowest BCUT2D eigenvalue weighted by Crippen LogP contribution is -2.44. The molecule has 0 heterocycles. The van der Waals surface area contributed by atoms with E-state index in [9.17, 15) is 13.2 Å². The molecule has 0 bridgehead atoms. The molecule has 1 fully saturated rings. The van der Waals surface area contributed by atoms with Gasteiger partial charge < -0.3 is 5.32 Å². The van der Waals surface area contributed by atoms with Crippen LogP contribution in [0.2, 0.25) is 0 Å². The lowest BCUT2D eigenvalue weighted by atomic mass is 9.77. The Morgan fingerprint density at radius 2 is 2.14 bits per heavy atom. The van der Waals surface area contributed by atoms with E-state index in [2.05, 4.69) is 28.2 Å². The van der Waals surface area contributed by atoms with E-state index in [1.807, 2.05) is 0 Å². The van der Waals surface area contributed by atoms with Crippen molar-refractivity contribution in [1.82, 2.24) is 0 Å². The first-order valence-corrected chi connectivity index (χ1v) is 8.29. The fourth-order valence-electron chi connectivity index (χ4n) is 3.01. The second-order valence-electron chi connectivity index (χ2n) is 5.93. The number of hydrogen-bond donors (Lipinski definition) is 1.